The van der Waals surface area contributed by atoms with Crippen LogP contribution >= 0.6 is 0 Å². The zero-order chi connectivity index (χ0) is 23.1. The Bertz CT molecular complexity index is 1150. The molecule has 2 heterocycles. The summed E-state index contributed by atoms with van der Waals surface area (Å²) in [4.78, 5) is 4.45. The standard InChI is InChI=1S/C24H27N3O5S/c1-30-23-15-20(7-9-22(23)32-18-19-5-3-2-4-6-19)16-25-24-10-8-21(17-26-24)33(28,29)27-11-13-31-14-12-27/h2-10,15,17H,11-14,16,18H2,1H3,(H,25,26). The largest absolute Gasteiger partial charge is 0.493 e. The summed E-state index contributed by atoms with van der Waals surface area (Å²) in [5.74, 6) is 1.89. The van der Waals surface area contributed by atoms with Crippen LogP contribution in [0.25, 0.3) is 0 Å². The van der Waals surface area contributed by atoms with Gasteiger partial charge in [-0.3, -0.25) is 0 Å². The molecule has 0 aliphatic carbocycles. The number of ether oxygens (including phenoxy) is 3. The lowest BCUT2D eigenvalue weighted by Crippen LogP contribution is -2.40. The van der Waals surface area contributed by atoms with Gasteiger partial charge in [0.25, 0.3) is 0 Å². The summed E-state index contributed by atoms with van der Waals surface area (Å²) in [7, 11) is -1.94. The Labute approximate surface area is 194 Å². The van der Waals surface area contributed by atoms with E-state index < -0.39 is 10.0 Å². The molecule has 0 radical (unpaired) electrons. The molecular weight excluding hydrogens is 442 g/mol. The fourth-order valence-electron chi connectivity index (χ4n) is 3.44. The number of pyridine rings is 1. The second kappa shape index (κ2) is 10.7. The average Bonchev–Trinajstić information content (AvgIpc) is 2.88. The first-order valence-corrected chi connectivity index (χ1v) is 12.1. The lowest BCUT2D eigenvalue weighted by Gasteiger charge is -2.25. The Hall–Kier alpha value is -3.14. The predicted octanol–water partition coefficient (Wildman–Crippen LogP) is 3.30. The fourth-order valence-corrected chi connectivity index (χ4v) is 4.80. The molecule has 3 aromatic rings. The molecule has 1 N–H and O–H groups in total. The van der Waals surface area contributed by atoms with E-state index >= 15 is 0 Å². The number of aromatic nitrogens is 1. The fraction of sp³-hybridized carbons (Fsp3) is 0.292. The molecule has 33 heavy (non-hydrogen) atoms. The van der Waals surface area contributed by atoms with Gasteiger partial charge >= 0.3 is 0 Å². The van der Waals surface area contributed by atoms with Gasteiger partial charge in [0.1, 0.15) is 17.3 Å². The van der Waals surface area contributed by atoms with Crippen molar-refractivity contribution in [3.05, 3.63) is 78.0 Å². The Morgan fingerprint density at radius 2 is 1.79 bits per heavy atom. The number of benzene rings is 2. The van der Waals surface area contributed by atoms with Gasteiger partial charge in [0.15, 0.2) is 11.5 Å². The smallest absolute Gasteiger partial charge is 0.244 e. The maximum Gasteiger partial charge on any atom is 0.244 e. The first kappa shape index (κ1) is 23.0. The highest BCUT2D eigenvalue weighted by Gasteiger charge is 2.26. The van der Waals surface area contributed by atoms with Gasteiger partial charge in [0, 0.05) is 25.8 Å². The molecule has 1 saturated heterocycles. The number of hydrogen-bond donors (Lipinski definition) is 1. The van der Waals surface area contributed by atoms with E-state index in [0.29, 0.717) is 56.8 Å². The molecule has 9 heteroatoms. The lowest BCUT2D eigenvalue weighted by molar-refractivity contribution is 0.0730. The van der Waals surface area contributed by atoms with Crippen molar-refractivity contribution < 1.29 is 22.6 Å². The van der Waals surface area contributed by atoms with E-state index in [0.717, 1.165) is 11.1 Å². The summed E-state index contributed by atoms with van der Waals surface area (Å²) in [6.07, 6.45) is 1.38. The number of rotatable bonds is 9. The normalized spacial score (nSPS) is 14.6. The summed E-state index contributed by atoms with van der Waals surface area (Å²) >= 11 is 0. The summed E-state index contributed by atoms with van der Waals surface area (Å²) in [6, 6.07) is 18.9. The van der Waals surface area contributed by atoms with Crippen LogP contribution in [0.2, 0.25) is 0 Å². The van der Waals surface area contributed by atoms with Gasteiger partial charge in [0.2, 0.25) is 10.0 Å². The Balaban J connectivity index is 1.36. The van der Waals surface area contributed by atoms with Crippen LogP contribution < -0.4 is 14.8 Å². The first-order valence-electron chi connectivity index (χ1n) is 10.7. The van der Waals surface area contributed by atoms with E-state index in [9.17, 15) is 8.42 Å². The summed E-state index contributed by atoms with van der Waals surface area (Å²) in [6.45, 7) is 2.48. The molecule has 2 aromatic carbocycles. The average molecular weight is 470 g/mol. The number of anilines is 1. The second-order valence-corrected chi connectivity index (χ2v) is 9.45. The van der Waals surface area contributed by atoms with Gasteiger partial charge < -0.3 is 19.5 Å². The Kier molecular flexibility index (Phi) is 7.43. The van der Waals surface area contributed by atoms with Crippen LogP contribution in [0.3, 0.4) is 0 Å². The van der Waals surface area contributed by atoms with Crippen LogP contribution in [-0.4, -0.2) is 51.1 Å². The second-order valence-electron chi connectivity index (χ2n) is 7.51. The zero-order valence-electron chi connectivity index (χ0n) is 18.4. The highest BCUT2D eigenvalue weighted by Crippen LogP contribution is 2.29. The van der Waals surface area contributed by atoms with Crippen LogP contribution in [0.15, 0.2) is 71.8 Å². The molecule has 1 aromatic heterocycles. The van der Waals surface area contributed by atoms with Crippen molar-refractivity contribution in [3.63, 3.8) is 0 Å². The highest BCUT2D eigenvalue weighted by atomic mass is 32.2. The molecule has 1 fully saturated rings. The number of nitrogens with one attached hydrogen (secondary N) is 1. The maximum absolute atomic E-state index is 12.7. The molecule has 1 aliphatic heterocycles. The number of hydrogen-bond acceptors (Lipinski definition) is 7. The molecule has 0 unspecified atom stereocenters. The quantitative estimate of drug-likeness (QED) is 0.514. The number of sulfonamides is 1. The van der Waals surface area contributed by atoms with Crippen LogP contribution in [0, 0.1) is 0 Å². The van der Waals surface area contributed by atoms with Gasteiger partial charge in [-0.15, -0.1) is 0 Å². The minimum Gasteiger partial charge on any atom is -0.493 e. The van der Waals surface area contributed by atoms with Crippen LogP contribution in [0.1, 0.15) is 11.1 Å². The molecule has 8 nitrogen and oxygen atoms in total. The minimum atomic E-state index is -3.55. The predicted molar refractivity (Wildman–Crippen MR) is 125 cm³/mol. The maximum atomic E-state index is 12.7. The topological polar surface area (TPSA) is 90.0 Å². The van der Waals surface area contributed by atoms with Gasteiger partial charge in [-0.1, -0.05) is 36.4 Å². The van der Waals surface area contributed by atoms with Crippen molar-refractivity contribution in [2.24, 2.45) is 0 Å². The van der Waals surface area contributed by atoms with E-state index in [-0.39, 0.29) is 4.90 Å². The number of methoxy groups -OCH3 is 1. The van der Waals surface area contributed by atoms with E-state index in [4.69, 9.17) is 14.2 Å². The number of morpholine rings is 1. The summed E-state index contributed by atoms with van der Waals surface area (Å²) < 4.78 is 43.5. The van der Waals surface area contributed by atoms with Crippen molar-refractivity contribution in [3.8, 4) is 11.5 Å². The molecule has 0 atom stereocenters. The summed E-state index contributed by atoms with van der Waals surface area (Å²) in [5, 5.41) is 3.21. The van der Waals surface area contributed by atoms with Crippen LogP contribution in [0.4, 0.5) is 5.82 Å². The third-order valence-electron chi connectivity index (χ3n) is 5.28. The van der Waals surface area contributed by atoms with E-state index in [1.165, 1.54) is 10.5 Å². The monoisotopic (exact) mass is 469 g/mol. The van der Waals surface area contributed by atoms with E-state index in [2.05, 4.69) is 10.3 Å². The zero-order valence-corrected chi connectivity index (χ0v) is 19.3. The number of nitrogens with zero attached hydrogens (tertiary/aromatic N) is 2. The van der Waals surface area contributed by atoms with Crippen LogP contribution in [-0.2, 0) is 27.9 Å². The lowest BCUT2D eigenvalue weighted by atomic mass is 10.2. The molecule has 0 bridgehead atoms. The van der Waals surface area contributed by atoms with Gasteiger partial charge in [-0.05, 0) is 35.4 Å². The highest BCUT2D eigenvalue weighted by molar-refractivity contribution is 7.89. The van der Waals surface area contributed by atoms with Crippen molar-refractivity contribution in [1.82, 2.24) is 9.29 Å². The SMILES string of the molecule is COc1cc(CNc2ccc(S(=O)(=O)N3CCOCC3)cn2)ccc1OCc1ccccc1. The first-order chi connectivity index (χ1) is 16.1. The van der Waals surface area contributed by atoms with Crippen molar-refractivity contribution in [2.45, 2.75) is 18.0 Å². The van der Waals surface area contributed by atoms with Crippen molar-refractivity contribution in [2.75, 3.05) is 38.7 Å². The van der Waals surface area contributed by atoms with Gasteiger partial charge in [0.05, 0.1) is 20.3 Å². The van der Waals surface area contributed by atoms with Crippen LogP contribution in [0.5, 0.6) is 11.5 Å². The summed E-state index contributed by atoms with van der Waals surface area (Å²) in [5.41, 5.74) is 2.06. The molecule has 174 valence electrons. The third kappa shape index (κ3) is 5.81. The Morgan fingerprint density at radius 1 is 1.00 bits per heavy atom. The molecule has 1 aliphatic rings. The molecule has 0 saturated carbocycles. The van der Waals surface area contributed by atoms with E-state index in [1.54, 1.807) is 19.2 Å². The minimum absolute atomic E-state index is 0.177. The molecule has 4 rings (SSSR count). The molecule has 0 spiro atoms. The molecular formula is C24H27N3O5S. The van der Waals surface area contributed by atoms with Gasteiger partial charge in [-0.25, -0.2) is 13.4 Å². The van der Waals surface area contributed by atoms with Gasteiger partial charge in [-0.2, -0.15) is 4.31 Å². The molecule has 0 amide bonds. The van der Waals surface area contributed by atoms with Crippen molar-refractivity contribution >= 4 is 15.8 Å². The van der Waals surface area contributed by atoms with E-state index in [1.807, 2.05) is 48.5 Å². The third-order valence-corrected chi connectivity index (χ3v) is 7.17. The van der Waals surface area contributed by atoms with Crippen molar-refractivity contribution in [1.29, 1.82) is 0 Å². The Morgan fingerprint density at radius 3 is 2.48 bits per heavy atom.